The van der Waals surface area contributed by atoms with Crippen LogP contribution in [0.2, 0.25) is 0 Å². The predicted octanol–water partition coefficient (Wildman–Crippen LogP) is 2.08. The minimum atomic E-state index is -0.928. The number of rotatable bonds is 8. The Labute approximate surface area is 155 Å². The normalized spacial score (nSPS) is 14.4. The number of likely N-dealkylation sites (N-methyl/N-ethyl adjacent to an activating group) is 1. The van der Waals surface area contributed by atoms with Crippen molar-refractivity contribution < 1.29 is 5.11 Å². The van der Waals surface area contributed by atoms with E-state index in [1.165, 1.54) is 0 Å². The highest BCUT2D eigenvalue weighted by Crippen LogP contribution is 2.23. The van der Waals surface area contributed by atoms with E-state index in [0.717, 1.165) is 37.7 Å². The van der Waals surface area contributed by atoms with Crippen LogP contribution in [0.1, 0.15) is 26.3 Å². The number of aliphatic hydroxyl groups is 1. The van der Waals surface area contributed by atoms with E-state index < -0.39 is 5.60 Å². The van der Waals surface area contributed by atoms with Gasteiger partial charge < -0.3 is 20.6 Å². The lowest BCUT2D eigenvalue weighted by atomic mass is 10.00. The van der Waals surface area contributed by atoms with Crippen LogP contribution < -0.4 is 10.6 Å². The summed E-state index contributed by atoms with van der Waals surface area (Å²) in [5, 5.41) is 20.9. The smallest absolute Gasteiger partial charge is 0.191 e. The van der Waals surface area contributed by atoms with Gasteiger partial charge in [-0.2, -0.15) is 11.3 Å². The molecule has 1 aromatic heterocycles. The summed E-state index contributed by atoms with van der Waals surface area (Å²) in [6, 6.07) is 1.94. The van der Waals surface area contributed by atoms with Gasteiger partial charge in [0.25, 0.3) is 0 Å². The van der Waals surface area contributed by atoms with Crippen molar-refractivity contribution in [1.82, 2.24) is 15.5 Å². The molecule has 1 rings (SSSR count). The van der Waals surface area contributed by atoms with E-state index >= 15 is 0 Å². The number of nitrogens with one attached hydrogen (secondary N) is 2. The van der Waals surface area contributed by atoms with Gasteiger partial charge in [-0.25, -0.2) is 4.99 Å². The molecule has 5 nitrogen and oxygen atoms in total. The average Bonchev–Trinajstić information content (AvgIpc) is 2.99. The Morgan fingerprint density at radius 2 is 2.14 bits per heavy atom. The number of halogens is 1. The van der Waals surface area contributed by atoms with Crippen molar-refractivity contribution in [2.75, 3.05) is 39.8 Å². The van der Waals surface area contributed by atoms with Gasteiger partial charge in [0.05, 0.1) is 6.54 Å². The van der Waals surface area contributed by atoms with Crippen LogP contribution in [0.15, 0.2) is 21.8 Å². The van der Waals surface area contributed by atoms with E-state index in [-0.39, 0.29) is 24.0 Å². The summed E-state index contributed by atoms with van der Waals surface area (Å²) in [4.78, 5) is 6.73. The van der Waals surface area contributed by atoms with Crippen molar-refractivity contribution in [3.05, 3.63) is 22.4 Å². The zero-order valence-corrected chi connectivity index (χ0v) is 17.1. The molecule has 0 amide bonds. The van der Waals surface area contributed by atoms with Gasteiger partial charge in [0.15, 0.2) is 5.96 Å². The minimum Gasteiger partial charge on any atom is -0.383 e. The molecule has 0 spiro atoms. The van der Waals surface area contributed by atoms with Crippen molar-refractivity contribution in [1.29, 1.82) is 0 Å². The lowest BCUT2D eigenvalue weighted by molar-refractivity contribution is 0.0677. The van der Waals surface area contributed by atoms with Crippen molar-refractivity contribution in [3.8, 4) is 0 Å². The Hall–Kier alpha value is -0.380. The van der Waals surface area contributed by atoms with Gasteiger partial charge in [-0.1, -0.05) is 6.92 Å². The lowest BCUT2D eigenvalue weighted by Gasteiger charge is -2.21. The standard InChI is InChI=1S/C15H28N4OS.HI/c1-5-16-14(17-8-9-19(4)6-2)18-12-15(3,20)13-7-10-21-11-13;/h7,10-11,20H,5-6,8-9,12H2,1-4H3,(H2,16,17,18);1H. The van der Waals surface area contributed by atoms with Crippen LogP contribution in [0.4, 0.5) is 0 Å². The van der Waals surface area contributed by atoms with E-state index in [2.05, 4.69) is 34.5 Å². The molecular formula is C15H29IN4OS. The van der Waals surface area contributed by atoms with Crippen LogP contribution in [0, 0.1) is 0 Å². The lowest BCUT2D eigenvalue weighted by Crippen LogP contribution is -2.41. The molecule has 0 fully saturated rings. The number of guanidine groups is 1. The molecule has 128 valence electrons. The van der Waals surface area contributed by atoms with E-state index in [4.69, 9.17) is 0 Å². The molecule has 0 aliphatic rings. The third kappa shape index (κ3) is 7.75. The van der Waals surface area contributed by atoms with Gasteiger partial charge in [0, 0.05) is 19.6 Å². The summed E-state index contributed by atoms with van der Waals surface area (Å²) in [7, 11) is 2.09. The zero-order valence-electron chi connectivity index (χ0n) is 13.9. The first kappa shape index (κ1) is 21.6. The Kier molecular flexibility index (Phi) is 11.0. The Morgan fingerprint density at radius 3 is 2.68 bits per heavy atom. The number of aliphatic imine (C=N–C) groups is 1. The summed E-state index contributed by atoms with van der Waals surface area (Å²) in [5.41, 5.74) is -0.0134. The molecule has 0 saturated heterocycles. The van der Waals surface area contributed by atoms with Crippen molar-refractivity contribution in [3.63, 3.8) is 0 Å². The monoisotopic (exact) mass is 440 g/mol. The highest BCUT2D eigenvalue weighted by molar-refractivity contribution is 14.0. The first-order valence-electron chi connectivity index (χ1n) is 7.45. The highest BCUT2D eigenvalue weighted by Gasteiger charge is 2.23. The summed E-state index contributed by atoms with van der Waals surface area (Å²) in [6.07, 6.45) is 0. The summed E-state index contributed by atoms with van der Waals surface area (Å²) in [6.45, 7) is 9.93. The maximum absolute atomic E-state index is 10.5. The molecule has 22 heavy (non-hydrogen) atoms. The second kappa shape index (κ2) is 11.2. The van der Waals surface area contributed by atoms with E-state index in [1.807, 2.05) is 23.8 Å². The highest BCUT2D eigenvalue weighted by atomic mass is 127. The van der Waals surface area contributed by atoms with Gasteiger partial charge in [-0.3, -0.25) is 0 Å². The molecular weight excluding hydrogens is 411 g/mol. The van der Waals surface area contributed by atoms with Gasteiger partial charge >= 0.3 is 0 Å². The summed E-state index contributed by atoms with van der Waals surface area (Å²) in [5.74, 6) is 0.748. The van der Waals surface area contributed by atoms with Gasteiger partial charge in [-0.15, -0.1) is 24.0 Å². The van der Waals surface area contributed by atoms with Crippen LogP contribution in [0.3, 0.4) is 0 Å². The summed E-state index contributed by atoms with van der Waals surface area (Å²) >= 11 is 1.59. The van der Waals surface area contributed by atoms with E-state index in [1.54, 1.807) is 18.3 Å². The Balaban J connectivity index is 0.00000441. The van der Waals surface area contributed by atoms with Crippen LogP contribution in [0.25, 0.3) is 0 Å². The van der Waals surface area contributed by atoms with Gasteiger partial charge in [0.1, 0.15) is 5.60 Å². The van der Waals surface area contributed by atoms with Crippen LogP contribution in [-0.2, 0) is 5.60 Å². The largest absolute Gasteiger partial charge is 0.383 e. The summed E-state index contributed by atoms with van der Waals surface area (Å²) < 4.78 is 0. The van der Waals surface area contributed by atoms with Crippen LogP contribution >= 0.6 is 35.3 Å². The predicted molar refractivity (Wildman–Crippen MR) is 106 cm³/mol. The maximum atomic E-state index is 10.5. The first-order valence-corrected chi connectivity index (χ1v) is 8.39. The van der Waals surface area contributed by atoms with Crippen molar-refractivity contribution in [2.45, 2.75) is 26.4 Å². The van der Waals surface area contributed by atoms with Crippen molar-refractivity contribution >= 4 is 41.3 Å². The molecule has 0 aromatic carbocycles. The molecule has 1 heterocycles. The fourth-order valence-corrected chi connectivity index (χ4v) is 2.54. The average molecular weight is 440 g/mol. The first-order chi connectivity index (χ1) is 9.99. The van der Waals surface area contributed by atoms with E-state index in [0.29, 0.717) is 6.54 Å². The topological polar surface area (TPSA) is 59.9 Å². The number of hydrogen-bond donors (Lipinski definition) is 3. The van der Waals surface area contributed by atoms with Crippen LogP contribution in [-0.4, -0.2) is 55.7 Å². The zero-order chi connectivity index (χ0) is 15.7. The fraction of sp³-hybridized carbons (Fsp3) is 0.667. The minimum absolute atomic E-state index is 0. The molecule has 7 heteroatoms. The maximum Gasteiger partial charge on any atom is 0.191 e. The van der Waals surface area contributed by atoms with Crippen molar-refractivity contribution in [2.24, 2.45) is 4.99 Å². The molecule has 1 aromatic rings. The fourth-order valence-electron chi connectivity index (χ4n) is 1.76. The quantitative estimate of drug-likeness (QED) is 0.329. The molecule has 0 saturated carbocycles. The number of hydrogen-bond acceptors (Lipinski definition) is 4. The van der Waals surface area contributed by atoms with Gasteiger partial charge in [-0.05, 0) is 49.8 Å². The Bertz CT molecular complexity index is 423. The second-order valence-corrected chi connectivity index (χ2v) is 6.08. The van der Waals surface area contributed by atoms with Gasteiger partial charge in [0.2, 0.25) is 0 Å². The van der Waals surface area contributed by atoms with E-state index in [9.17, 15) is 5.11 Å². The third-order valence-electron chi connectivity index (χ3n) is 3.36. The molecule has 1 unspecified atom stereocenters. The molecule has 1 atom stereocenters. The molecule has 0 aliphatic carbocycles. The molecule has 0 aliphatic heterocycles. The number of nitrogens with zero attached hydrogens (tertiary/aromatic N) is 2. The molecule has 0 radical (unpaired) electrons. The molecule has 0 bridgehead atoms. The Morgan fingerprint density at radius 1 is 1.41 bits per heavy atom. The number of thiophene rings is 1. The second-order valence-electron chi connectivity index (χ2n) is 5.30. The van der Waals surface area contributed by atoms with Crippen LogP contribution in [0.5, 0.6) is 0 Å². The third-order valence-corrected chi connectivity index (χ3v) is 4.04. The SMILES string of the molecule is CCNC(=NCC(C)(O)c1ccsc1)NCCN(C)CC.I. The molecule has 3 N–H and O–H groups in total.